The number of carbonyl (C=O) groups is 1. The van der Waals surface area contributed by atoms with Crippen molar-refractivity contribution in [1.29, 1.82) is 0 Å². The molecule has 2 amide bonds. The summed E-state index contributed by atoms with van der Waals surface area (Å²) in [5.74, 6) is -0.333. The molecule has 0 aliphatic heterocycles. The van der Waals surface area contributed by atoms with Gasteiger partial charge in [0, 0.05) is 17.1 Å². The van der Waals surface area contributed by atoms with Crippen molar-refractivity contribution in [3.63, 3.8) is 0 Å². The Balaban J connectivity index is 1.89. The van der Waals surface area contributed by atoms with Crippen LogP contribution in [-0.2, 0) is 6.54 Å². The molecular formula is C16H16ClFN2O. The third-order valence-electron chi connectivity index (χ3n) is 3.09. The molecule has 2 rings (SSSR count). The summed E-state index contributed by atoms with van der Waals surface area (Å²) in [7, 11) is 0. The lowest BCUT2D eigenvalue weighted by Gasteiger charge is -2.15. The standard InChI is InChI=1S/C16H16ClFN2O/c1-11(12-6-4-7-14(17)9-12)20-16(21)19-10-13-5-2-3-8-15(13)18/h2-9,11H,10H2,1H3,(H2,19,20,21). The van der Waals surface area contributed by atoms with Gasteiger partial charge in [-0.2, -0.15) is 0 Å². The molecule has 2 N–H and O–H groups in total. The zero-order valence-corrected chi connectivity index (χ0v) is 12.3. The van der Waals surface area contributed by atoms with E-state index in [0.29, 0.717) is 10.6 Å². The Bertz CT molecular complexity index is 633. The summed E-state index contributed by atoms with van der Waals surface area (Å²) < 4.78 is 13.4. The van der Waals surface area contributed by atoms with Crippen LogP contribution >= 0.6 is 11.6 Å². The smallest absolute Gasteiger partial charge is 0.315 e. The lowest BCUT2D eigenvalue weighted by Crippen LogP contribution is -2.36. The van der Waals surface area contributed by atoms with E-state index in [-0.39, 0.29) is 24.4 Å². The summed E-state index contributed by atoms with van der Waals surface area (Å²) in [5.41, 5.74) is 1.35. The van der Waals surface area contributed by atoms with Crippen LogP contribution in [0, 0.1) is 5.82 Å². The molecule has 0 aromatic heterocycles. The maximum absolute atomic E-state index is 13.4. The van der Waals surface area contributed by atoms with Crippen LogP contribution in [0.15, 0.2) is 48.5 Å². The number of halogens is 2. The number of urea groups is 1. The van der Waals surface area contributed by atoms with E-state index in [4.69, 9.17) is 11.6 Å². The number of carbonyl (C=O) groups excluding carboxylic acids is 1. The van der Waals surface area contributed by atoms with Crippen LogP contribution in [0.3, 0.4) is 0 Å². The second-order valence-electron chi connectivity index (χ2n) is 4.70. The first-order valence-electron chi connectivity index (χ1n) is 6.59. The molecule has 2 aromatic carbocycles. The minimum absolute atomic E-state index is 0.140. The first kappa shape index (κ1) is 15.3. The number of hydrogen-bond acceptors (Lipinski definition) is 1. The van der Waals surface area contributed by atoms with E-state index in [2.05, 4.69) is 10.6 Å². The minimum Gasteiger partial charge on any atom is -0.334 e. The molecule has 0 heterocycles. The molecule has 110 valence electrons. The van der Waals surface area contributed by atoms with Crippen LogP contribution in [0.25, 0.3) is 0 Å². The van der Waals surface area contributed by atoms with E-state index in [9.17, 15) is 9.18 Å². The summed E-state index contributed by atoms with van der Waals surface area (Å²) in [6, 6.07) is 13.1. The number of hydrogen-bond donors (Lipinski definition) is 2. The first-order chi connectivity index (χ1) is 10.1. The number of rotatable bonds is 4. The van der Waals surface area contributed by atoms with Crippen molar-refractivity contribution >= 4 is 17.6 Å². The van der Waals surface area contributed by atoms with Gasteiger partial charge in [0.05, 0.1) is 6.04 Å². The average molecular weight is 307 g/mol. The third kappa shape index (κ3) is 4.46. The van der Waals surface area contributed by atoms with Crippen LogP contribution in [0.1, 0.15) is 24.1 Å². The van der Waals surface area contributed by atoms with E-state index < -0.39 is 0 Å². The molecule has 5 heteroatoms. The molecule has 0 aliphatic rings. The second kappa shape index (κ2) is 7.09. The van der Waals surface area contributed by atoms with Gasteiger partial charge in [-0.15, -0.1) is 0 Å². The van der Waals surface area contributed by atoms with Crippen LogP contribution in [0.4, 0.5) is 9.18 Å². The lowest BCUT2D eigenvalue weighted by molar-refractivity contribution is 0.237. The molecule has 0 spiro atoms. The largest absolute Gasteiger partial charge is 0.334 e. The van der Waals surface area contributed by atoms with Crippen LogP contribution < -0.4 is 10.6 Å². The number of amides is 2. The van der Waals surface area contributed by atoms with E-state index in [0.717, 1.165) is 5.56 Å². The molecular weight excluding hydrogens is 291 g/mol. The predicted molar refractivity (Wildman–Crippen MR) is 81.6 cm³/mol. The fraction of sp³-hybridized carbons (Fsp3) is 0.188. The Hall–Kier alpha value is -2.07. The third-order valence-corrected chi connectivity index (χ3v) is 3.33. The minimum atomic E-state index is -0.356. The van der Waals surface area contributed by atoms with Gasteiger partial charge in [0.15, 0.2) is 0 Å². The fourth-order valence-corrected chi connectivity index (χ4v) is 2.12. The van der Waals surface area contributed by atoms with Crippen molar-refractivity contribution in [2.75, 3.05) is 0 Å². The van der Waals surface area contributed by atoms with Gasteiger partial charge in [-0.05, 0) is 30.7 Å². The number of benzene rings is 2. The highest BCUT2D eigenvalue weighted by molar-refractivity contribution is 6.30. The average Bonchev–Trinajstić information content (AvgIpc) is 2.46. The van der Waals surface area contributed by atoms with Gasteiger partial charge in [0.1, 0.15) is 5.82 Å². The Labute approximate surface area is 128 Å². The molecule has 0 aliphatic carbocycles. The Morgan fingerprint density at radius 2 is 2.00 bits per heavy atom. The number of nitrogens with one attached hydrogen (secondary N) is 2. The molecule has 21 heavy (non-hydrogen) atoms. The summed E-state index contributed by atoms with van der Waals surface area (Å²) >= 11 is 5.91. The van der Waals surface area contributed by atoms with Gasteiger partial charge in [-0.3, -0.25) is 0 Å². The highest BCUT2D eigenvalue weighted by atomic mass is 35.5. The van der Waals surface area contributed by atoms with Crippen LogP contribution in [0.2, 0.25) is 5.02 Å². The molecule has 0 saturated carbocycles. The molecule has 2 aromatic rings. The van der Waals surface area contributed by atoms with Crippen molar-refractivity contribution in [2.45, 2.75) is 19.5 Å². The summed E-state index contributed by atoms with van der Waals surface area (Å²) in [6.45, 7) is 2.00. The second-order valence-corrected chi connectivity index (χ2v) is 5.13. The van der Waals surface area contributed by atoms with Gasteiger partial charge in [0.2, 0.25) is 0 Å². The molecule has 0 saturated heterocycles. The Morgan fingerprint density at radius 1 is 1.24 bits per heavy atom. The van der Waals surface area contributed by atoms with Crippen molar-refractivity contribution in [3.8, 4) is 0 Å². The quantitative estimate of drug-likeness (QED) is 0.879. The lowest BCUT2D eigenvalue weighted by atomic mass is 10.1. The molecule has 0 radical (unpaired) electrons. The van der Waals surface area contributed by atoms with Crippen molar-refractivity contribution < 1.29 is 9.18 Å². The summed E-state index contributed by atoms with van der Waals surface area (Å²) in [6.07, 6.45) is 0. The van der Waals surface area contributed by atoms with Crippen molar-refractivity contribution in [2.24, 2.45) is 0 Å². The Kier molecular flexibility index (Phi) is 5.17. The predicted octanol–water partition coefficient (Wildman–Crippen LogP) is 4.04. The monoisotopic (exact) mass is 306 g/mol. The summed E-state index contributed by atoms with van der Waals surface area (Å²) in [4.78, 5) is 11.8. The Morgan fingerprint density at radius 3 is 2.71 bits per heavy atom. The van der Waals surface area contributed by atoms with Gasteiger partial charge in [-0.1, -0.05) is 41.9 Å². The van der Waals surface area contributed by atoms with Crippen molar-refractivity contribution in [1.82, 2.24) is 10.6 Å². The molecule has 1 atom stereocenters. The maximum Gasteiger partial charge on any atom is 0.315 e. The van der Waals surface area contributed by atoms with E-state index in [1.807, 2.05) is 19.1 Å². The summed E-state index contributed by atoms with van der Waals surface area (Å²) in [5, 5.41) is 6.03. The van der Waals surface area contributed by atoms with Gasteiger partial charge in [-0.25, -0.2) is 9.18 Å². The zero-order valence-electron chi connectivity index (χ0n) is 11.6. The van der Waals surface area contributed by atoms with Crippen LogP contribution in [0.5, 0.6) is 0 Å². The molecule has 0 bridgehead atoms. The maximum atomic E-state index is 13.4. The van der Waals surface area contributed by atoms with Crippen molar-refractivity contribution in [3.05, 3.63) is 70.5 Å². The van der Waals surface area contributed by atoms with Gasteiger partial charge in [0.25, 0.3) is 0 Å². The zero-order chi connectivity index (χ0) is 15.2. The van der Waals surface area contributed by atoms with E-state index >= 15 is 0 Å². The van der Waals surface area contributed by atoms with Gasteiger partial charge < -0.3 is 10.6 Å². The topological polar surface area (TPSA) is 41.1 Å². The highest BCUT2D eigenvalue weighted by Gasteiger charge is 2.10. The first-order valence-corrected chi connectivity index (χ1v) is 6.97. The highest BCUT2D eigenvalue weighted by Crippen LogP contribution is 2.17. The molecule has 0 fully saturated rings. The van der Waals surface area contributed by atoms with Crippen LogP contribution in [-0.4, -0.2) is 6.03 Å². The van der Waals surface area contributed by atoms with Gasteiger partial charge >= 0.3 is 6.03 Å². The molecule has 3 nitrogen and oxygen atoms in total. The SMILES string of the molecule is CC(NC(=O)NCc1ccccc1F)c1cccc(Cl)c1. The fourth-order valence-electron chi connectivity index (χ4n) is 1.92. The normalized spacial score (nSPS) is 11.8. The molecule has 1 unspecified atom stereocenters. The van der Waals surface area contributed by atoms with E-state index in [1.165, 1.54) is 6.07 Å². The van der Waals surface area contributed by atoms with E-state index in [1.54, 1.807) is 30.3 Å².